The number of urea groups is 1. The van der Waals surface area contributed by atoms with E-state index < -0.39 is 0 Å². The smallest absolute Gasteiger partial charge is 0.317 e. The van der Waals surface area contributed by atoms with E-state index in [0.29, 0.717) is 23.7 Å². The second-order valence-electron chi connectivity index (χ2n) is 7.71. The Bertz CT molecular complexity index is 550. The maximum Gasteiger partial charge on any atom is 0.317 e. The van der Waals surface area contributed by atoms with Crippen molar-refractivity contribution in [1.82, 2.24) is 10.2 Å². The van der Waals surface area contributed by atoms with Crippen molar-refractivity contribution in [2.45, 2.75) is 31.6 Å². The second kappa shape index (κ2) is 7.14. The zero-order valence-electron chi connectivity index (χ0n) is 14.3. The number of nitrogens with zero attached hydrogens (tertiary/aromatic N) is 1. The number of carbonyl (C=O) groups excluding carboxylic acids is 1. The van der Waals surface area contributed by atoms with E-state index in [-0.39, 0.29) is 6.03 Å². The number of amides is 2. The SMILES string of the molecule is O=C(NCC1CCCCC1c1ccccc1)N1C[C@H]2COC[C@H]2C1. The molecule has 130 valence electrons. The monoisotopic (exact) mass is 328 g/mol. The summed E-state index contributed by atoms with van der Waals surface area (Å²) in [5.41, 5.74) is 1.43. The van der Waals surface area contributed by atoms with E-state index in [1.165, 1.54) is 31.2 Å². The summed E-state index contributed by atoms with van der Waals surface area (Å²) in [6, 6.07) is 11.0. The molecule has 0 spiro atoms. The number of ether oxygens (including phenoxy) is 1. The van der Waals surface area contributed by atoms with Crippen molar-refractivity contribution < 1.29 is 9.53 Å². The molecule has 2 aliphatic heterocycles. The predicted molar refractivity (Wildman–Crippen MR) is 93.9 cm³/mol. The van der Waals surface area contributed by atoms with E-state index in [2.05, 4.69) is 35.6 Å². The van der Waals surface area contributed by atoms with Gasteiger partial charge < -0.3 is 15.0 Å². The summed E-state index contributed by atoms with van der Waals surface area (Å²) in [5.74, 6) is 2.27. The van der Waals surface area contributed by atoms with Gasteiger partial charge in [-0.1, -0.05) is 43.2 Å². The molecule has 0 aromatic heterocycles. The van der Waals surface area contributed by atoms with Gasteiger partial charge in [-0.2, -0.15) is 0 Å². The average Bonchev–Trinajstić information content (AvgIpc) is 3.23. The Hall–Kier alpha value is -1.55. The maximum absolute atomic E-state index is 12.5. The third-order valence-electron chi connectivity index (χ3n) is 6.18. The molecule has 1 aromatic rings. The van der Waals surface area contributed by atoms with Gasteiger partial charge in [-0.25, -0.2) is 4.79 Å². The fourth-order valence-electron chi connectivity index (χ4n) is 4.77. The van der Waals surface area contributed by atoms with Gasteiger partial charge in [0.25, 0.3) is 0 Å². The molecule has 3 fully saturated rings. The molecular weight excluding hydrogens is 300 g/mol. The quantitative estimate of drug-likeness (QED) is 0.925. The Kier molecular flexibility index (Phi) is 4.74. The number of carbonyl (C=O) groups is 1. The number of fused-ring (bicyclic) bond motifs is 1. The van der Waals surface area contributed by atoms with Gasteiger partial charge >= 0.3 is 6.03 Å². The van der Waals surface area contributed by atoms with Crippen molar-refractivity contribution in [3.8, 4) is 0 Å². The van der Waals surface area contributed by atoms with E-state index in [4.69, 9.17) is 4.74 Å². The molecule has 1 saturated carbocycles. The fraction of sp³-hybridized carbons (Fsp3) is 0.650. The Labute approximate surface area is 144 Å². The van der Waals surface area contributed by atoms with E-state index in [9.17, 15) is 4.79 Å². The molecule has 24 heavy (non-hydrogen) atoms. The summed E-state index contributed by atoms with van der Waals surface area (Å²) >= 11 is 0. The standard InChI is InChI=1S/C20H28N2O2/c23-20(22-11-17-13-24-14-18(17)12-22)21-10-16-8-4-5-9-19(16)15-6-2-1-3-7-15/h1-3,6-7,16-19H,4-5,8-14H2,(H,21,23)/t16?,17-,18+,19?. The van der Waals surface area contributed by atoms with Crippen molar-refractivity contribution in [1.29, 1.82) is 0 Å². The van der Waals surface area contributed by atoms with Crippen LogP contribution >= 0.6 is 0 Å². The van der Waals surface area contributed by atoms with Crippen LogP contribution in [0, 0.1) is 17.8 Å². The normalized spacial score (nSPS) is 32.6. The summed E-state index contributed by atoms with van der Waals surface area (Å²) in [5, 5.41) is 3.23. The van der Waals surface area contributed by atoms with Crippen molar-refractivity contribution in [3.63, 3.8) is 0 Å². The third-order valence-corrected chi connectivity index (χ3v) is 6.18. The average molecular weight is 328 g/mol. The second-order valence-corrected chi connectivity index (χ2v) is 7.71. The summed E-state index contributed by atoms with van der Waals surface area (Å²) < 4.78 is 5.50. The summed E-state index contributed by atoms with van der Waals surface area (Å²) in [4.78, 5) is 14.5. The molecule has 3 aliphatic rings. The van der Waals surface area contributed by atoms with E-state index >= 15 is 0 Å². The summed E-state index contributed by atoms with van der Waals surface area (Å²) in [6.07, 6.45) is 5.06. The number of hydrogen-bond acceptors (Lipinski definition) is 2. The van der Waals surface area contributed by atoms with E-state index in [1.54, 1.807) is 0 Å². The lowest BCUT2D eigenvalue weighted by Gasteiger charge is -2.32. The van der Waals surface area contributed by atoms with Crippen LogP contribution < -0.4 is 5.32 Å². The zero-order valence-corrected chi connectivity index (χ0v) is 14.3. The first kappa shape index (κ1) is 15.9. The highest BCUT2D eigenvalue weighted by molar-refractivity contribution is 5.74. The van der Waals surface area contributed by atoms with Crippen LogP contribution in [-0.2, 0) is 4.74 Å². The Balaban J connectivity index is 1.33. The number of nitrogens with one attached hydrogen (secondary N) is 1. The molecule has 4 rings (SSSR count). The minimum Gasteiger partial charge on any atom is -0.381 e. The molecule has 1 N–H and O–H groups in total. The number of hydrogen-bond donors (Lipinski definition) is 1. The predicted octanol–water partition coefficient (Wildman–Crippen LogP) is 3.25. The molecule has 2 unspecified atom stereocenters. The third kappa shape index (κ3) is 3.30. The van der Waals surface area contributed by atoms with E-state index in [1.807, 2.05) is 4.90 Å². The molecule has 0 bridgehead atoms. The molecule has 1 aromatic carbocycles. The molecule has 4 atom stereocenters. The molecular formula is C20H28N2O2. The van der Waals surface area contributed by atoms with Crippen LogP contribution in [0.25, 0.3) is 0 Å². The Morgan fingerprint density at radius 1 is 1.08 bits per heavy atom. The maximum atomic E-state index is 12.5. The van der Waals surface area contributed by atoms with E-state index in [0.717, 1.165) is 32.8 Å². The molecule has 2 heterocycles. The summed E-state index contributed by atoms with van der Waals surface area (Å²) in [7, 11) is 0. The largest absolute Gasteiger partial charge is 0.381 e. The van der Waals surface area contributed by atoms with Gasteiger partial charge in [0.2, 0.25) is 0 Å². The fourth-order valence-corrected chi connectivity index (χ4v) is 4.77. The highest BCUT2D eigenvalue weighted by atomic mass is 16.5. The lowest BCUT2D eigenvalue weighted by Crippen LogP contribution is -2.42. The van der Waals surface area contributed by atoms with Crippen LogP contribution in [-0.4, -0.2) is 43.8 Å². The first-order valence-corrected chi connectivity index (χ1v) is 9.46. The van der Waals surface area contributed by atoms with Crippen LogP contribution in [0.5, 0.6) is 0 Å². The minimum atomic E-state index is 0.127. The topological polar surface area (TPSA) is 41.6 Å². The van der Waals surface area contributed by atoms with Gasteiger partial charge in [0.1, 0.15) is 0 Å². The molecule has 1 aliphatic carbocycles. The first-order chi connectivity index (χ1) is 11.8. The number of rotatable bonds is 3. The van der Waals surface area contributed by atoms with Gasteiger partial charge in [-0.05, 0) is 30.2 Å². The highest BCUT2D eigenvalue weighted by Crippen LogP contribution is 2.37. The highest BCUT2D eigenvalue weighted by Gasteiger charge is 2.39. The van der Waals surface area contributed by atoms with Crippen molar-refractivity contribution in [3.05, 3.63) is 35.9 Å². The van der Waals surface area contributed by atoms with Gasteiger partial charge in [-0.15, -0.1) is 0 Å². The summed E-state index contributed by atoms with van der Waals surface area (Å²) in [6.45, 7) is 4.19. The Morgan fingerprint density at radius 3 is 2.54 bits per heavy atom. The van der Waals surface area contributed by atoms with Crippen LogP contribution in [0.1, 0.15) is 37.2 Å². The van der Waals surface area contributed by atoms with Crippen LogP contribution in [0.2, 0.25) is 0 Å². The van der Waals surface area contributed by atoms with Crippen molar-refractivity contribution >= 4 is 6.03 Å². The van der Waals surface area contributed by atoms with Crippen molar-refractivity contribution in [2.75, 3.05) is 32.8 Å². The van der Waals surface area contributed by atoms with Crippen molar-refractivity contribution in [2.24, 2.45) is 17.8 Å². The van der Waals surface area contributed by atoms with Gasteiger partial charge in [0, 0.05) is 31.5 Å². The van der Waals surface area contributed by atoms with Crippen LogP contribution in [0.15, 0.2) is 30.3 Å². The van der Waals surface area contributed by atoms with Gasteiger partial charge in [-0.3, -0.25) is 0 Å². The molecule has 2 amide bonds. The van der Waals surface area contributed by atoms with Gasteiger partial charge in [0.05, 0.1) is 13.2 Å². The van der Waals surface area contributed by atoms with Gasteiger partial charge in [0.15, 0.2) is 0 Å². The zero-order chi connectivity index (χ0) is 16.4. The Morgan fingerprint density at radius 2 is 1.79 bits per heavy atom. The lowest BCUT2D eigenvalue weighted by atomic mass is 9.75. The number of benzene rings is 1. The van der Waals surface area contributed by atoms with Crippen LogP contribution in [0.4, 0.5) is 4.79 Å². The lowest BCUT2D eigenvalue weighted by molar-refractivity contribution is 0.153. The van der Waals surface area contributed by atoms with Crippen LogP contribution in [0.3, 0.4) is 0 Å². The number of likely N-dealkylation sites (tertiary alicyclic amines) is 1. The molecule has 2 saturated heterocycles. The molecule has 4 heteroatoms. The minimum absolute atomic E-state index is 0.127. The molecule has 4 nitrogen and oxygen atoms in total. The first-order valence-electron chi connectivity index (χ1n) is 9.46. The molecule has 0 radical (unpaired) electrons.